The summed E-state index contributed by atoms with van der Waals surface area (Å²) in [4.78, 5) is 20.2. The first-order valence-electron chi connectivity index (χ1n) is 14.4. The van der Waals surface area contributed by atoms with Crippen molar-refractivity contribution in [2.75, 3.05) is 36.3 Å². The summed E-state index contributed by atoms with van der Waals surface area (Å²) in [6, 6.07) is 4.43. The molecule has 0 radical (unpaired) electrons. The second kappa shape index (κ2) is 11.8. The highest BCUT2D eigenvalue weighted by Crippen LogP contribution is 2.60. The van der Waals surface area contributed by atoms with Gasteiger partial charge in [0, 0.05) is 32.1 Å². The fourth-order valence-electron chi connectivity index (χ4n) is 5.34. The molecule has 3 aromatic rings. The quantitative estimate of drug-likeness (QED) is 0.318. The normalized spacial score (nSPS) is 20.0. The lowest BCUT2D eigenvalue weighted by Gasteiger charge is -2.52. The Bertz CT molecular complexity index is 1680. The van der Waals surface area contributed by atoms with Crippen LogP contribution >= 0.6 is 10.0 Å². The van der Waals surface area contributed by atoms with Gasteiger partial charge in [0.25, 0.3) is 15.9 Å². The number of alkyl halides is 3. The Morgan fingerprint density at radius 3 is 2.42 bits per heavy atom. The third kappa shape index (κ3) is 6.67. The number of aromatic nitrogens is 5. The molecule has 0 saturated carbocycles. The maximum Gasteiger partial charge on any atom is 0.397 e. The summed E-state index contributed by atoms with van der Waals surface area (Å²) in [6.45, 7) is 10.0. The van der Waals surface area contributed by atoms with Crippen LogP contribution in [-0.4, -0.2) is 81.3 Å². The van der Waals surface area contributed by atoms with E-state index in [2.05, 4.69) is 53.1 Å². The largest absolute Gasteiger partial charge is 0.476 e. The van der Waals surface area contributed by atoms with Crippen molar-refractivity contribution in [2.24, 2.45) is 18.4 Å². The Kier molecular flexibility index (Phi) is 9.09. The molecule has 4 rings (SSSR count). The first-order chi connectivity index (χ1) is 20.6. The SMILES string of the molecule is CCS(C)(C)C1(C)C[C@H](C)CN1c1nc(-n2ccc(OCC(C)(C)C(F)(F)F)n2)ccc1C(=O)NS(=O)(=O)c1cn(C)nc1C. The van der Waals surface area contributed by atoms with E-state index in [1.54, 1.807) is 14.0 Å². The van der Waals surface area contributed by atoms with Crippen molar-refractivity contribution in [3.05, 3.63) is 41.9 Å². The van der Waals surface area contributed by atoms with Gasteiger partial charge < -0.3 is 9.64 Å². The number of amides is 1. The third-order valence-electron chi connectivity index (χ3n) is 8.70. The van der Waals surface area contributed by atoms with Gasteiger partial charge in [0.05, 0.1) is 21.5 Å². The molecule has 3 aromatic heterocycles. The number of carbonyl (C=O) groups is 1. The number of aryl methyl sites for hydroxylation is 2. The molecular formula is C29H42F3N7O4S2. The van der Waals surface area contributed by atoms with E-state index in [4.69, 9.17) is 9.72 Å². The molecule has 0 aromatic carbocycles. The summed E-state index contributed by atoms with van der Waals surface area (Å²) in [6.07, 6.45) is 3.68. The topological polar surface area (TPSA) is 124 Å². The van der Waals surface area contributed by atoms with Gasteiger partial charge in [-0.1, -0.05) is 13.8 Å². The van der Waals surface area contributed by atoms with Gasteiger partial charge in [0.1, 0.15) is 17.3 Å². The van der Waals surface area contributed by atoms with Crippen LogP contribution in [0.5, 0.6) is 5.88 Å². The third-order valence-corrected chi connectivity index (χ3v) is 14.3. The van der Waals surface area contributed by atoms with E-state index < -0.39 is 44.2 Å². The molecule has 45 heavy (non-hydrogen) atoms. The minimum atomic E-state index is -4.46. The van der Waals surface area contributed by atoms with Crippen LogP contribution in [0.4, 0.5) is 19.0 Å². The fourth-order valence-corrected chi connectivity index (χ4v) is 8.64. The monoisotopic (exact) mass is 673 g/mol. The van der Waals surface area contributed by atoms with Crippen LogP contribution < -0.4 is 14.4 Å². The Hall–Kier alpha value is -3.27. The van der Waals surface area contributed by atoms with Gasteiger partial charge in [-0.05, 0) is 70.4 Å². The van der Waals surface area contributed by atoms with Crippen molar-refractivity contribution in [2.45, 2.75) is 63.9 Å². The maximum atomic E-state index is 13.7. The lowest BCUT2D eigenvalue weighted by molar-refractivity contribution is -0.219. The molecular weight excluding hydrogens is 631 g/mol. The van der Waals surface area contributed by atoms with Gasteiger partial charge in [-0.25, -0.2) is 32.8 Å². The van der Waals surface area contributed by atoms with Crippen molar-refractivity contribution in [1.82, 2.24) is 29.3 Å². The van der Waals surface area contributed by atoms with Crippen LogP contribution in [-0.2, 0) is 17.1 Å². The first kappa shape index (κ1) is 34.6. The van der Waals surface area contributed by atoms with Crippen molar-refractivity contribution < 1.29 is 31.1 Å². The molecule has 11 nitrogen and oxygen atoms in total. The number of carbonyl (C=O) groups excluding carboxylic acids is 1. The summed E-state index contributed by atoms with van der Waals surface area (Å²) < 4.78 is 76.7. The van der Waals surface area contributed by atoms with Gasteiger partial charge in [0.2, 0.25) is 5.88 Å². The molecule has 1 saturated heterocycles. The number of sulfonamides is 1. The molecule has 2 atom stereocenters. The van der Waals surface area contributed by atoms with Crippen LogP contribution in [0.15, 0.2) is 35.5 Å². The van der Waals surface area contributed by atoms with Crippen molar-refractivity contribution in [1.29, 1.82) is 0 Å². The van der Waals surface area contributed by atoms with E-state index in [1.807, 2.05) is 0 Å². The van der Waals surface area contributed by atoms with Crippen molar-refractivity contribution in [3.63, 3.8) is 0 Å². The molecule has 0 aliphatic carbocycles. The number of rotatable bonds is 10. The van der Waals surface area contributed by atoms with E-state index >= 15 is 0 Å². The Morgan fingerprint density at radius 1 is 1.18 bits per heavy atom. The number of nitrogens with zero attached hydrogens (tertiary/aromatic N) is 6. The van der Waals surface area contributed by atoms with Gasteiger partial charge in [-0.15, -0.1) is 5.10 Å². The van der Waals surface area contributed by atoms with E-state index in [1.165, 1.54) is 40.0 Å². The van der Waals surface area contributed by atoms with Crippen molar-refractivity contribution in [3.8, 4) is 11.7 Å². The fraction of sp³-hybridized carbons (Fsp3) is 0.586. The molecule has 16 heteroatoms. The minimum Gasteiger partial charge on any atom is -0.476 e. The minimum absolute atomic E-state index is 0.0216. The van der Waals surface area contributed by atoms with Crippen LogP contribution in [0.3, 0.4) is 0 Å². The summed E-state index contributed by atoms with van der Waals surface area (Å²) >= 11 is 0. The highest BCUT2D eigenvalue weighted by atomic mass is 32.3. The number of ether oxygens (including phenoxy) is 1. The molecule has 1 amide bonds. The number of halogens is 3. The van der Waals surface area contributed by atoms with E-state index in [-0.39, 0.29) is 38.6 Å². The number of pyridine rings is 1. The Labute approximate surface area is 263 Å². The summed E-state index contributed by atoms with van der Waals surface area (Å²) in [7, 11) is -3.94. The van der Waals surface area contributed by atoms with Crippen molar-refractivity contribution >= 4 is 31.8 Å². The molecule has 1 unspecified atom stereocenters. The predicted octanol–water partition coefficient (Wildman–Crippen LogP) is 5.04. The van der Waals surface area contributed by atoms with E-state index in [0.29, 0.717) is 12.4 Å². The highest BCUT2D eigenvalue weighted by Gasteiger charge is 2.49. The van der Waals surface area contributed by atoms with E-state index in [0.717, 1.165) is 26.0 Å². The number of hydrogen-bond donors (Lipinski definition) is 1. The Morgan fingerprint density at radius 2 is 1.84 bits per heavy atom. The highest BCUT2D eigenvalue weighted by molar-refractivity contribution is 8.33. The summed E-state index contributed by atoms with van der Waals surface area (Å²) in [5.41, 5.74) is -1.78. The summed E-state index contributed by atoms with van der Waals surface area (Å²) in [5, 5.41) is 8.36. The molecule has 1 fully saturated rings. The number of anilines is 1. The van der Waals surface area contributed by atoms with Crippen LogP contribution in [0, 0.1) is 18.3 Å². The first-order valence-corrected chi connectivity index (χ1v) is 18.5. The molecule has 0 bridgehead atoms. The average Bonchev–Trinajstić information content (AvgIpc) is 3.63. The zero-order valence-electron chi connectivity index (χ0n) is 27.1. The lowest BCUT2D eigenvalue weighted by Crippen LogP contribution is -2.47. The Balaban J connectivity index is 1.77. The van der Waals surface area contributed by atoms with Crippen LogP contribution in [0.2, 0.25) is 0 Å². The molecule has 1 N–H and O–H groups in total. The maximum absolute atomic E-state index is 13.7. The standard InChI is InChI=1S/C29H42F3N7O4S2/c1-10-44(8,9)28(6)15-19(2)16-38(28)25-21(26(40)36-45(41,42)22-17-37(7)34-20(22)3)11-12-23(33-25)39-14-13-24(35-39)43-18-27(4,5)29(30,31)32/h11-14,17,19H,10,15-16,18H2,1-9H3,(H,36,40)/t19-,28?/m0/s1. The molecule has 0 spiro atoms. The molecule has 1 aliphatic heterocycles. The van der Waals surface area contributed by atoms with Crippen LogP contribution in [0.25, 0.3) is 5.82 Å². The van der Waals surface area contributed by atoms with Crippen LogP contribution in [0.1, 0.15) is 57.1 Å². The zero-order valence-corrected chi connectivity index (χ0v) is 28.7. The van der Waals surface area contributed by atoms with Gasteiger partial charge in [-0.3, -0.25) is 9.48 Å². The smallest absolute Gasteiger partial charge is 0.397 e. The van der Waals surface area contributed by atoms with Gasteiger partial charge >= 0.3 is 6.18 Å². The average molecular weight is 674 g/mol. The molecule has 4 heterocycles. The van der Waals surface area contributed by atoms with E-state index in [9.17, 15) is 26.4 Å². The van der Waals surface area contributed by atoms with Gasteiger partial charge in [0.15, 0.2) is 5.82 Å². The summed E-state index contributed by atoms with van der Waals surface area (Å²) in [5.74, 6) is 0.877. The predicted molar refractivity (Wildman–Crippen MR) is 169 cm³/mol. The zero-order chi connectivity index (χ0) is 33.8. The number of hydrogen-bond acceptors (Lipinski definition) is 8. The molecule has 1 aliphatic rings. The number of nitrogens with one attached hydrogen (secondary N) is 1. The lowest BCUT2D eigenvalue weighted by atomic mass is 9.94. The molecule has 250 valence electrons. The second-order valence-electron chi connectivity index (χ2n) is 12.9. The second-order valence-corrected chi connectivity index (χ2v) is 19.1. The van der Waals surface area contributed by atoms with Gasteiger partial charge in [-0.2, -0.15) is 18.3 Å².